The molecule has 4 nitrogen and oxygen atoms in total. The number of aryl methyl sites for hydroxylation is 1. The molecule has 1 heterocycles. The van der Waals surface area contributed by atoms with Gasteiger partial charge in [-0.2, -0.15) is 0 Å². The number of hydrogen-bond donors (Lipinski definition) is 2. The Balaban J connectivity index is 0.00000364. The van der Waals surface area contributed by atoms with Crippen LogP contribution in [0.5, 0.6) is 0 Å². The van der Waals surface area contributed by atoms with Crippen molar-refractivity contribution in [1.29, 1.82) is 0 Å². The molecule has 1 unspecified atom stereocenters. The van der Waals surface area contributed by atoms with E-state index >= 15 is 0 Å². The maximum atomic E-state index is 13.2. The largest absolute Gasteiger partial charge is 0.356 e. The maximum Gasteiger partial charge on any atom is 0.190 e. The smallest absolute Gasteiger partial charge is 0.190 e. The van der Waals surface area contributed by atoms with Gasteiger partial charge in [-0.1, -0.05) is 19.9 Å². The predicted octanol–water partition coefficient (Wildman–Crippen LogP) is 3.83. The van der Waals surface area contributed by atoms with Crippen LogP contribution in [0, 0.1) is 24.6 Å². The van der Waals surface area contributed by atoms with Gasteiger partial charge < -0.3 is 15.5 Å². The summed E-state index contributed by atoms with van der Waals surface area (Å²) < 4.78 is 13.2. The highest BCUT2D eigenvalue weighted by molar-refractivity contribution is 14.0. The number of rotatable bonds is 7. The fourth-order valence-corrected chi connectivity index (χ4v) is 3.72. The van der Waals surface area contributed by atoms with E-state index in [1.165, 1.54) is 44.1 Å². The van der Waals surface area contributed by atoms with Crippen LogP contribution < -0.4 is 10.6 Å². The van der Waals surface area contributed by atoms with E-state index in [2.05, 4.69) is 34.4 Å². The molecule has 1 aliphatic heterocycles. The van der Waals surface area contributed by atoms with Gasteiger partial charge in [0.25, 0.3) is 0 Å². The molecular weight excluding hydrogens is 454 g/mol. The Kier molecular flexibility index (Phi) is 11.2. The zero-order valence-electron chi connectivity index (χ0n) is 17.2. The minimum atomic E-state index is -0.171. The normalized spacial score (nSPS) is 18.3. The summed E-state index contributed by atoms with van der Waals surface area (Å²) in [5.74, 6) is 2.09. The van der Waals surface area contributed by atoms with Crippen LogP contribution in [0.15, 0.2) is 23.2 Å². The second-order valence-electron chi connectivity index (χ2n) is 7.86. The van der Waals surface area contributed by atoms with Crippen molar-refractivity contribution in [2.24, 2.45) is 16.8 Å². The Labute approximate surface area is 181 Å². The van der Waals surface area contributed by atoms with Crippen molar-refractivity contribution < 1.29 is 4.39 Å². The lowest BCUT2D eigenvalue weighted by Gasteiger charge is -2.34. The molecule has 0 saturated carbocycles. The monoisotopic (exact) mass is 490 g/mol. The van der Waals surface area contributed by atoms with Crippen LogP contribution in [0.1, 0.15) is 37.8 Å². The molecule has 1 fully saturated rings. The average Bonchev–Trinajstić information content (AvgIpc) is 2.59. The third-order valence-electron chi connectivity index (χ3n) is 5.00. The summed E-state index contributed by atoms with van der Waals surface area (Å²) >= 11 is 0. The van der Waals surface area contributed by atoms with Crippen molar-refractivity contribution >= 4 is 29.9 Å². The summed E-state index contributed by atoms with van der Waals surface area (Å²) in [5.41, 5.74) is 2.17. The molecule has 1 atom stereocenters. The third kappa shape index (κ3) is 8.77. The van der Waals surface area contributed by atoms with Gasteiger partial charge in [-0.15, -0.1) is 24.0 Å². The molecule has 1 aromatic carbocycles. The molecule has 2 rings (SSSR count). The first-order chi connectivity index (χ1) is 12.5. The summed E-state index contributed by atoms with van der Waals surface area (Å²) in [5, 5.41) is 6.85. The number of halogens is 2. The zero-order valence-corrected chi connectivity index (χ0v) is 19.6. The molecule has 6 heteroatoms. The molecule has 1 aromatic rings. The second kappa shape index (κ2) is 12.5. The number of benzene rings is 1. The number of guanidine groups is 1. The quantitative estimate of drug-likeness (QED) is 0.347. The Morgan fingerprint density at radius 2 is 2.11 bits per heavy atom. The van der Waals surface area contributed by atoms with E-state index in [-0.39, 0.29) is 29.8 Å². The van der Waals surface area contributed by atoms with Gasteiger partial charge in [-0.3, -0.25) is 4.99 Å². The van der Waals surface area contributed by atoms with Crippen molar-refractivity contribution in [1.82, 2.24) is 15.5 Å². The van der Waals surface area contributed by atoms with Crippen LogP contribution in [0.3, 0.4) is 0 Å². The number of nitrogens with zero attached hydrogens (tertiary/aromatic N) is 2. The SMILES string of the molecule is CN=C(NCCc1ccc(F)cc1C)NCC1CCCN(CC(C)C)C1.I. The minimum absolute atomic E-state index is 0. The Bertz CT molecular complexity index is 592. The molecule has 0 spiro atoms. The topological polar surface area (TPSA) is 39.7 Å². The van der Waals surface area contributed by atoms with Gasteiger partial charge in [0.05, 0.1) is 0 Å². The van der Waals surface area contributed by atoms with Crippen molar-refractivity contribution in [3.05, 3.63) is 35.1 Å². The lowest BCUT2D eigenvalue weighted by molar-refractivity contribution is 0.159. The fourth-order valence-electron chi connectivity index (χ4n) is 3.72. The highest BCUT2D eigenvalue weighted by Crippen LogP contribution is 2.16. The number of hydrogen-bond acceptors (Lipinski definition) is 2. The highest BCUT2D eigenvalue weighted by Gasteiger charge is 2.20. The average molecular weight is 490 g/mol. The Morgan fingerprint density at radius 3 is 2.78 bits per heavy atom. The summed E-state index contributed by atoms with van der Waals surface area (Å²) in [4.78, 5) is 6.92. The minimum Gasteiger partial charge on any atom is -0.356 e. The van der Waals surface area contributed by atoms with E-state index < -0.39 is 0 Å². The van der Waals surface area contributed by atoms with Crippen LogP contribution in [0.25, 0.3) is 0 Å². The lowest BCUT2D eigenvalue weighted by atomic mass is 9.97. The first-order valence-electron chi connectivity index (χ1n) is 9.89. The lowest BCUT2D eigenvalue weighted by Crippen LogP contribution is -2.45. The van der Waals surface area contributed by atoms with E-state index in [0.29, 0.717) is 5.92 Å². The molecule has 27 heavy (non-hydrogen) atoms. The number of piperidine rings is 1. The molecule has 1 saturated heterocycles. The van der Waals surface area contributed by atoms with Crippen LogP contribution in [-0.4, -0.2) is 50.6 Å². The number of likely N-dealkylation sites (tertiary alicyclic amines) is 1. The summed E-state index contributed by atoms with van der Waals surface area (Å²) in [6, 6.07) is 4.99. The van der Waals surface area contributed by atoms with Gasteiger partial charge in [-0.05, 0) is 67.8 Å². The van der Waals surface area contributed by atoms with Crippen LogP contribution in [0.4, 0.5) is 4.39 Å². The van der Waals surface area contributed by atoms with Gasteiger partial charge in [0.15, 0.2) is 5.96 Å². The van der Waals surface area contributed by atoms with Crippen LogP contribution in [0.2, 0.25) is 0 Å². The van der Waals surface area contributed by atoms with Crippen LogP contribution in [-0.2, 0) is 6.42 Å². The first kappa shape index (κ1) is 24.1. The third-order valence-corrected chi connectivity index (χ3v) is 5.00. The van der Waals surface area contributed by atoms with Gasteiger partial charge in [0, 0.05) is 33.2 Å². The molecule has 1 aliphatic rings. The van der Waals surface area contributed by atoms with Crippen molar-refractivity contribution in [3.8, 4) is 0 Å². The van der Waals surface area contributed by atoms with E-state index in [0.717, 1.165) is 37.0 Å². The number of aliphatic imine (C=N–C) groups is 1. The molecule has 0 bridgehead atoms. The molecule has 0 aromatic heterocycles. The number of nitrogens with one attached hydrogen (secondary N) is 2. The first-order valence-corrected chi connectivity index (χ1v) is 9.89. The van der Waals surface area contributed by atoms with E-state index in [1.807, 2.05) is 20.0 Å². The van der Waals surface area contributed by atoms with E-state index in [4.69, 9.17) is 0 Å². The summed E-state index contributed by atoms with van der Waals surface area (Å²) in [7, 11) is 1.81. The molecule has 2 N–H and O–H groups in total. The standard InChI is InChI=1S/C21H35FN4.HI/c1-16(2)14-26-11-5-6-18(15-26)13-25-21(23-4)24-10-9-19-7-8-20(22)12-17(19)3;/h7-8,12,16,18H,5-6,9-11,13-15H2,1-4H3,(H2,23,24,25);1H. The van der Waals surface area contributed by atoms with Crippen molar-refractivity contribution in [3.63, 3.8) is 0 Å². The molecule has 154 valence electrons. The molecule has 0 aliphatic carbocycles. The fraction of sp³-hybridized carbons (Fsp3) is 0.667. The molecule has 0 amide bonds. The van der Waals surface area contributed by atoms with Gasteiger partial charge in [0.1, 0.15) is 5.82 Å². The maximum absolute atomic E-state index is 13.2. The summed E-state index contributed by atoms with van der Waals surface area (Å²) in [6.07, 6.45) is 3.43. The van der Waals surface area contributed by atoms with E-state index in [1.54, 1.807) is 6.07 Å². The highest BCUT2D eigenvalue weighted by atomic mass is 127. The predicted molar refractivity (Wildman–Crippen MR) is 124 cm³/mol. The van der Waals surface area contributed by atoms with Gasteiger partial charge in [-0.25, -0.2) is 4.39 Å². The van der Waals surface area contributed by atoms with Crippen LogP contribution >= 0.6 is 24.0 Å². The van der Waals surface area contributed by atoms with Crippen molar-refractivity contribution in [2.75, 3.05) is 39.8 Å². The second-order valence-corrected chi connectivity index (χ2v) is 7.86. The molecule has 0 radical (unpaired) electrons. The Hall–Kier alpha value is -0.890. The van der Waals surface area contributed by atoms with Gasteiger partial charge in [0.2, 0.25) is 0 Å². The van der Waals surface area contributed by atoms with Gasteiger partial charge >= 0.3 is 0 Å². The van der Waals surface area contributed by atoms with Crippen molar-refractivity contribution in [2.45, 2.75) is 40.0 Å². The zero-order chi connectivity index (χ0) is 18.9. The molecular formula is C21H36FIN4. The summed E-state index contributed by atoms with van der Waals surface area (Å²) in [6.45, 7) is 11.9. The van der Waals surface area contributed by atoms with E-state index in [9.17, 15) is 4.39 Å². The Morgan fingerprint density at radius 1 is 1.33 bits per heavy atom.